The molecule has 0 saturated carbocycles. The lowest BCUT2D eigenvalue weighted by Crippen LogP contribution is -2.24. The van der Waals surface area contributed by atoms with Crippen LogP contribution in [0.25, 0.3) is 0 Å². The molecule has 2 aromatic rings. The fourth-order valence-corrected chi connectivity index (χ4v) is 1.72. The van der Waals surface area contributed by atoms with Crippen molar-refractivity contribution in [3.05, 3.63) is 56.2 Å². The topological polar surface area (TPSA) is 74.8 Å². The summed E-state index contributed by atoms with van der Waals surface area (Å²) in [5.41, 5.74) is -0.124. The zero-order valence-corrected chi connectivity index (χ0v) is 11.3. The lowest BCUT2D eigenvalue weighted by Gasteiger charge is -2.05. The monoisotopic (exact) mass is 297 g/mol. The van der Waals surface area contributed by atoms with Crippen molar-refractivity contribution in [2.45, 2.75) is 6.92 Å². The van der Waals surface area contributed by atoms with Gasteiger partial charge in [-0.1, -0.05) is 23.2 Å². The first-order chi connectivity index (χ1) is 8.97. The highest BCUT2D eigenvalue weighted by molar-refractivity contribution is 6.42. The summed E-state index contributed by atoms with van der Waals surface area (Å²) in [6, 6.07) is 4.64. The molecule has 0 fully saturated rings. The molecule has 19 heavy (non-hydrogen) atoms. The molecule has 0 aliphatic heterocycles. The number of hydrogen-bond acceptors (Lipinski definition) is 3. The van der Waals surface area contributed by atoms with Crippen molar-refractivity contribution in [2.75, 3.05) is 5.32 Å². The summed E-state index contributed by atoms with van der Waals surface area (Å²) in [6.45, 7) is 1.63. The number of hydrogen-bond donors (Lipinski definition) is 2. The fraction of sp³-hybridized carbons (Fsp3) is 0.0833. The Morgan fingerprint density at radius 3 is 2.68 bits per heavy atom. The summed E-state index contributed by atoms with van der Waals surface area (Å²) in [7, 11) is 0. The molecule has 0 aliphatic carbocycles. The van der Waals surface area contributed by atoms with E-state index in [1.165, 1.54) is 12.3 Å². The van der Waals surface area contributed by atoms with Gasteiger partial charge in [-0.25, -0.2) is 4.98 Å². The van der Waals surface area contributed by atoms with E-state index in [0.717, 1.165) is 0 Å². The van der Waals surface area contributed by atoms with E-state index in [1.54, 1.807) is 19.1 Å². The minimum atomic E-state index is -0.563. The van der Waals surface area contributed by atoms with Gasteiger partial charge in [-0.3, -0.25) is 9.59 Å². The molecule has 1 aromatic heterocycles. The summed E-state index contributed by atoms with van der Waals surface area (Å²) in [4.78, 5) is 29.8. The van der Waals surface area contributed by atoms with Gasteiger partial charge in [0.2, 0.25) is 0 Å². The molecule has 0 aliphatic rings. The molecule has 7 heteroatoms. The maximum atomic E-state index is 11.9. The number of nitrogens with one attached hydrogen (secondary N) is 2. The Labute approximate surface area is 118 Å². The van der Waals surface area contributed by atoms with E-state index < -0.39 is 11.5 Å². The third kappa shape index (κ3) is 3.13. The van der Waals surface area contributed by atoms with Crippen LogP contribution < -0.4 is 10.9 Å². The molecule has 0 bridgehead atoms. The Balaban J connectivity index is 2.25. The van der Waals surface area contributed by atoms with Crippen LogP contribution in [-0.4, -0.2) is 15.9 Å². The highest BCUT2D eigenvalue weighted by Gasteiger charge is 2.12. The second-order valence-corrected chi connectivity index (χ2v) is 4.61. The zero-order valence-electron chi connectivity index (χ0n) is 9.83. The SMILES string of the molecule is Cc1ncc(C(=O)Nc2ccc(Cl)c(Cl)c2)c(=O)[nH]1. The molecule has 1 amide bonds. The minimum Gasteiger partial charge on any atom is -0.322 e. The summed E-state index contributed by atoms with van der Waals surface area (Å²) in [6.07, 6.45) is 1.22. The molecule has 1 heterocycles. The number of halogens is 2. The largest absolute Gasteiger partial charge is 0.322 e. The number of carbonyl (C=O) groups is 1. The number of aromatic nitrogens is 2. The molecule has 0 radical (unpaired) electrons. The molecule has 1 aromatic carbocycles. The van der Waals surface area contributed by atoms with Crippen molar-refractivity contribution in [3.8, 4) is 0 Å². The van der Waals surface area contributed by atoms with Crippen LogP contribution in [0.4, 0.5) is 5.69 Å². The number of carbonyl (C=O) groups excluding carboxylic acids is 1. The first kappa shape index (κ1) is 13.6. The molecule has 2 rings (SSSR count). The van der Waals surface area contributed by atoms with Crippen molar-refractivity contribution < 1.29 is 4.79 Å². The van der Waals surface area contributed by atoms with Crippen molar-refractivity contribution in [2.24, 2.45) is 0 Å². The summed E-state index contributed by atoms with van der Waals surface area (Å²) >= 11 is 11.6. The number of anilines is 1. The van der Waals surface area contributed by atoms with Gasteiger partial charge in [0.15, 0.2) is 0 Å². The smallest absolute Gasteiger partial charge is 0.263 e. The van der Waals surface area contributed by atoms with Crippen molar-refractivity contribution in [1.29, 1.82) is 0 Å². The van der Waals surface area contributed by atoms with Crippen LogP contribution in [0.2, 0.25) is 10.0 Å². The Kier molecular flexibility index (Phi) is 3.87. The van der Waals surface area contributed by atoms with Gasteiger partial charge >= 0.3 is 0 Å². The van der Waals surface area contributed by atoms with Gasteiger partial charge < -0.3 is 10.3 Å². The molecule has 5 nitrogen and oxygen atoms in total. The number of amides is 1. The Morgan fingerprint density at radius 1 is 1.32 bits per heavy atom. The fourth-order valence-electron chi connectivity index (χ4n) is 1.42. The maximum absolute atomic E-state index is 11.9. The molecule has 2 N–H and O–H groups in total. The minimum absolute atomic E-state index is 0.0725. The van der Waals surface area contributed by atoms with Gasteiger partial charge in [-0.05, 0) is 25.1 Å². The average Bonchev–Trinajstić information content (AvgIpc) is 2.33. The lowest BCUT2D eigenvalue weighted by atomic mass is 10.2. The van der Waals surface area contributed by atoms with E-state index in [-0.39, 0.29) is 5.56 Å². The summed E-state index contributed by atoms with van der Waals surface area (Å²) in [5.74, 6) is -0.122. The third-order valence-electron chi connectivity index (χ3n) is 2.35. The molecule has 98 valence electrons. The van der Waals surface area contributed by atoms with Crippen LogP contribution in [0.1, 0.15) is 16.2 Å². The summed E-state index contributed by atoms with van der Waals surface area (Å²) in [5, 5.41) is 3.24. The van der Waals surface area contributed by atoms with E-state index in [0.29, 0.717) is 21.6 Å². The summed E-state index contributed by atoms with van der Waals surface area (Å²) < 4.78 is 0. The van der Waals surface area contributed by atoms with Crippen molar-refractivity contribution >= 4 is 34.8 Å². The normalized spacial score (nSPS) is 10.3. The number of aromatic amines is 1. The van der Waals surface area contributed by atoms with E-state index in [4.69, 9.17) is 23.2 Å². The lowest BCUT2D eigenvalue weighted by molar-refractivity contribution is 0.102. The van der Waals surface area contributed by atoms with Gasteiger partial charge in [0.25, 0.3) is 11.5 Å². The molecule has 0 unspecified atom stereocenters. The second-order valence-electron chi connectivity index (χ2n) is 3.79. The molecule has 0 spiro atoms. The van der Waals surface area contributed by atoms with Crippen LogP contribution in [-0.2, 0) is 0 Å². The first-order valence-corrected chi connectivity index (χ1v) is 6.05. The number of benzene rings is 1. The van der Waals surface area contributed by atoms with Gasteiger partial charge in [0.05, 0.1) is 10.0 Å². The number of aryl methyl sites for hydroxylation is 1. The van der Waals surface area contributed by atoms with Crippen LogP contribution >= 0.6 is 23.2 Å². The van der Waals surface area contributed by atoms with Crippen molar-refractivity contribution in [3.63, 3.8) is 0 Å². The number of rotatable bonds is 2. The van der Waals surface area contributed by atoms with Crippen LogP contribution in [0, 0.1) is 6.92 Å². The van der Waals surface area contributed by atoms with E-state index in [1.807, 2.05) is 0 Å². The Morgan fingerprint density at radius 2 is 2.05 bits per heavy atom. The number of H-pyrrole nitrogens is 1. The predicted octanol–water partition coefficient (Wildman–Crippen LogP) is 2.64. The van der Waals surface area contributed by atoms with Crippen LogP contribution in [0.5, 0.6) is 0 Å². The van der Waals surface area contributed by atoms with Crippen LogP contribution in [0.3, 0.4) is 0 Å². The molecule has 0 saturated heterocycles. The average molecular weight is 298 g/mol. The van der Waals surface area contributed by atoms with Gasteiger partial charge in [0, 0.05) is 11.9 Å². The van der Waals surface area contributed by atoms with Gasteiger partial charge in [-0.15, -0.1) is 0 Å². The highest BCUT2D eigenvalue weighted by atomic mass is 35.5. The van der Waals surface area contributed by atoms with E-state index in [9.17, 15) is 9.59 Å². The quantitative estimate of drug-likeness (QED) is 0.895. The zero-order chi connectivity index (χ0) is 14.0. The molecular weight excluding hydrogens is 289 g/mol. The predicted molar refractivity (Wildman–Crippen MR) is 74.0 cm³/mol. The van der Waals surface area contributed by atoms with Crippen molar-refractivity contribution in [1.82, 2.24) is 9.97 Å². The molecule has 0 atom stereocenters. The maximum Gasteiger partial charge on any atom is 0.263 e. The van der Waals surface area contributed by atoms with Crippen LogP contribution in [0.15, 0.2) is 29.2 Å². The second kappa shape index (κ2) is 5.42. The Bertz CT molecular complexity index is 698. The van der Waals surface area contributed by atoms with E-state index >= 15 is 0 Å². The highest BCUT2D eigenvalue weighted by Crippen LogP contribution is 2.25. The molecular formula is C12H9Cl2N3O2. The Hall–Kier alpha value is -1.85. The first-order valence-electron chi connectivity index (χ1n) is 5.29. The van der Waals surface area contributed by atoms with Gasteiger partial charge in [0.1, 0.15) is 11.4 Å². The number of nitrogens with zero attached hydrogens (tertiary/aromatic N) is 1. The third-order valence-corrected chi connectivity index (χ3v) is 3.09. The van der Waals surface area contributed by atoms with E-state index in [2.05, 4.69) is 15.3 Å². The standard InChI is InChI=1S/C12H9Cl2N3O2/c1-6-15-5-8(11(18)16-6)12(19)17-7-2-3-9(13)10(14)4-7/h2-5H,1H3,(H,17,19)(H,15,16,18). The van der Waals surface area contributed by atoms with Gasteiger partial charge in [-0.2, -0.15) is 0 Å².